The van der Waals surface area contributed by atoms with Crippen LogP contribution in [0.25, 0.3) is 11.2 Å². The average Bonchev–Trinajstić information content (AvgIpc) is 2.99. The number of carbonyl (C=O) groups excluding carboxylic acids is 1. The molecule has 9 heteroatoms. The molecule has 2 rings (SSSR count). The Bertz CT molecular complexity index is 883. The highest BCUT2D eigenvalue weighted by molar-refractivity contribution is 7.99. The van der Waals surface area contributed by atoms with Crippen molar-refractivity contribution in [3.8, 4) is 0 Å². The number of carbonyl (C=O) groups is 1. The molecule has 150 valence electrons. The topological polar surface area (TPSA) is 116 Å². The Labute approximate surface area is 162 Å². The Balaban J connectivity index is 2.11. The molecule has 27 heavy (non-hydrogen) atoms. The van der Waals surface area contributed by atoms with Crippen LogP contribution in [0.1, 0.15) is 58.3 Å². The lowest BCUT2D eigenvalue weighted by Crippen LogP contribution is -2.29. The maximum Gasteiger partial charge on any atom is 0.329 e. The second kappa shape index (κ2) is 10.3. The highest BCUT2D eigenvalue weighted by Crippen LogP contribution is 2.22. The standard InChI is InChI=1S/C18H29N5O3S/c1-3-4-5-6-7-8-9-10-11-23-14-15(20-18(23)27-12-13(19)24)22(2)17(26)21-16(14)25/h3-12H2,1-2H3,(H2,19,24)(H,21,25,26). The number of aromatic amines is 1. The first kappa shape index (κ1) is 21.3. The third-order valence-corrected chi connectivity index (χ3v) is 5.55. The van der Waals surface area contributed by atoms with Crippen LogP contribution in [0.15, 0.2) is 14.7 Å². The molecular formula is C18H29N5O3S. The molecule has 0 aliphatic carbocycles. The van der Waals surface area contributed by atoms with Crippen molar-refractivity contribution in [1.29, 1.82) is 0 Å². The number of H-pyrrole nitrogens is 1. The van der Waals surface area contributed by atoms with Crippen molar-refractivity contribution < 1.29 is 4.79 Å². The summed E-state index contributed by atoms with van der Waals surface area (Å²) in [6, 6.07) is 0. The first-order valence-electron chi connectivity index (χ1n) is 9.56. The number of nitrogens with zero attached hydrogens (tertiary/aromatic N) is 3. The fraction of sp³-hybridized carbons (Fsp3) is 0.667. The molecule has 1 amide bonds. The van der Waals surface area contributed by atoms with Gasteiger partial charge in [0, 0.05) is 13.6 Å². The highest BCUT2D eigenvalue weighted by Gasteiger charge is 2.17. The smallest absolute Gasteiger partial charge is 0.329 e. The van der Waals surface area contributed by atoms with Crippen LogP contribution in [0.5, 0.6) is 0 Å². The molecule has 0 bridgehead atoms. The van der Waals surface area contributed by atoms with E-state index in [-0.39, 0.29) is 5.75 Å². The van der Waals surface area contributed by atoms with Gasteiger partial charge in [0.05, 0.1) is 5.75 Å². The average molecular weight is 396 g/mol. The van der Waals surface area contributed by atoms with E-state index in [1.807, 2.05) is 0 Å². The molecule has 0 spiro atoms. The van der Waals surface area contributed by atoms with E-state index in [1.165, 1.54) is 48.4 Å². The molecule has 3 N–H and O–H groups in total. The van der Waals surface area contributed by atoms with Gasteiger partial charge in [-0.1, -0.05) is 63.6 Å². The molecule has 8 nitrogen and oxygen atoms in total. The van der Waals surface area contributed by atoms with Crippen molar-refractivity contribution >= 4 is 28.8 Å². The van der Waals surface area contributed by atoms with E-state index in [1.54, 1.807) is 11.6 Å². The van der Waals surface area contributed by atoms with Gasteiger partial charge in [-0.3, -0.25) is 19.1 Å². The quantitative estimate of drug-likeness (QED) is 0.422. The number of aryl methyl sites for hydroxylation is 2. The van der Waals surface area contributed by atoms with Gasteiger partial charge in [-0.15, -0.1) is 0 Å². The molecule has 2 aromatic heterocycles. The molecule has 0 saturated carbocycles. The molecule has 0 saturated heterocycles. The number of thioether (sulfide) groups is 1. The van der Waals surface area contributed by atoms with Crippen molar-refractivity contribution in [2.45, 2.75) is 70.0 Å². The van der Waals surface area contributed by atoms with Crippen LogP contribution in [0.2, 0.25) is 0 Å². The molecule has 0 radical (unpaired) electrons. The SMILES string of the molecule is CCCCCCCCCCn1c(SCC(N)=O)nc2c1c(=O)[nH]c(=O)n2C. The summed E-state index contributed by atoms with van der Waals surface area (Å²) in [6.07, 6.45) is 9.46. The fourth-order valence-electron chi connectivity index (χ4n) is 3.07. The number of primary amides is 1. The van der Waals surface area contributed by atoms with E-state index in [0.29, 0.717) is 22.9 Å². The zero-order valence-electron chi connectivity index (χ0n) is 16.1. The number of hydrogen-bond acceptors (Lipinski definition) is 5. The van der Waals surface area contributed by atoms with E-state index in [0.717, 1.165) is 19.3 Å². The van der Waals surface area contributed by atoms with E-state index >= 15 is 0 Å². The third-order valence-electron chi connectivity index (χ3n) is 4.55. The second-order valence-corrected chi connectivity index (χ2v) is 7.71. The number of unbranched alkanes of at least 4 members (excludes halogenated alkanes) is 7. The minimum Gasteiger partial charge on any atom is -0.369 e. The van der Waals surface area contributed by atoms with Crippen LogP contribution in [-0.2, 0) is 18.4 Å². The summed E-state index contributed by atoms with van der Waals surface area (Å²) in [5.41, 5.74) is 4.98. The number of nitrogens with one attached hydrogen (secondary N) is 1. The fourth-order valence-corrected chi connectivity index (χ4v) is 3.83. The van der Waals surface area contributed by atoms with Crippen molar-refractivity contribution in [3.63, 3.8) is 0 Å². The molecule has 2 aromatic rings. The van der Waals surface area contributed by atoms with Crippen molar-refractivity contribution in [2.24, 2.45) is 12.8 Å². The Kier molecular flexibility index (Phi) is 8.15. The zero-order valence-corrected chi connectivity index (χ0v) is 16.9. The maximum atomic E-state index is 12.3. The van der Waals surface area contributed by atoms with Crippen molar-refractivity contribution in [2.75, 3.05) is 5.75 Å². The molecule has 0 aromatic carbocycles. The lowest BCUT2D eigenvalue weighted by atomic mass is 10.1. The van der Waals surface area contributed by atoms with E-state index in [4.69, 9.17) is 5.73 Å². The van der Waals surface area contributed by atoms with Crippen LogP contribution in [0, 0.1) is 0 Å². The predicted octanol–water partition coefficient (Wildman–Crippen LogP) is 2.14. The second-order valence-electron chi connectivity index (χ2n) is 6.77. The lowest BCUT2D eigenvalue weighted by Gasteiger charge is -2.08. The number of nitrogens with two attached hydrogens (primary N) is 1. The van der Waals surface area contributed by atoms with Gasteiger partial charge in [0.2, 0.25) is 5.91 Å². The minimum absolute atomic E-state index is 0.0760. The van der Waals surface area contributed by atoms with Crippen LogP contribution in [0.3, 0.4) is 0 Å². The first-order chi connectivity index (χ1) is 13.0. The predicted molar refractivity (Wildman–Crippen MR) is 108 cm³/mol. The maximum absolute atomic E-state index is 12.3. The molecule has 0 aliphatic rings. The van der Waals surface area contributed by atoms with Gasteiger partial charge in [-0.25, -0.2) is 9.78 Å². The lowest BCUT2D eigenvalue weighted by molar-refractivity contribution is -0.115. The van der Waals surface area contributed by atoms with Crippen LogP contribution in [-0.4, -0.2) is 30.8 Å². The zero-order chi connectivity index (χ0) is 19.8. The summed E-state index contributed by atoms with van der Waals surface area (Å²) in [7, 11) is 1.57. The van der Waals surface area contributed by atoms with Crippen molar-refractivity contribution in [3.05, 3.63) is 20.8 Å². The van der Waals surface area contributed by atoms with Crippen molar-refractivity contribution in [1.82, 2.24) is 19.1 Å². The number of rotatable bonds is 12. The van der Waals surface area contributed by atoms with Gasteiger partial charge >= 0.3 is 5.69 Å². The first-order valence-corrected chi connectivity index (χ1v) is 10.5. The number of amides is 1. The molecule has 0 fully saturated rings. The van der Waals surface area contributed by atoms with Gasteiger partial charge in [-0.05, 0) is 6.42 Å². The van der Waals surface area contributed by atoms with E-state index < -0.39 is 17.2 Å². The summed E-state index contributed by atoms with van der Waals surface area (Å²) in [5.74, 6) is -0.374. The number of imidazole rings is 1. The van der Waals surface area contributed by atoms with Crippen LogP contribution in [0.4, 0.5) is 0 Å². The monoisotopic (exact) mass is 395 g/mol. The molecule has 0 aliphatic heterocycles. The summed E-state index contributed by atoms with van der Waals surface area (Å²) < 4.78 is 3.12. The highest BCUT2D eigenvalue weighted by atomic mass is 32.2. The van der Waals surface area contributed by atoms with Gasteiger partial charge in [0.25, 0.3) is 5.56 Å². The van der Waals surface area contributed by atoms with E-state index in [9.17, 15) is 14.4 Å². The number of fused-ring (bicyclic) bond motifs is 1. The Morgan fingerprint density at radius 2 is 1.74 bits per heavy atom. The molecule has 0 atom stereocenters. The normalized spacial score (nSPS) is 11.3. The Morgan fingerprint density at radius 1 is 1.11 bits per heavy atom. The summed E-state index contributed by atoms with van der Waals surface area (Å²) in [4.78, 5) is 42.0. The Morgan fingerprint density at radius 3 is 2.37 bits per heavy atom. The summed E-state index contributed by atoms with van der Waals surface area (Å²) in [5, 5.41) is 0.540. The van der Waals surface area contributed by atoms with Crippen LogP contribution >= 0.6 is 11.8 Å². The molecule has 0 unspecified atom stereocenters. The summed E-state index contributed by atoms with van der Waals surface area (Å²) >= 11 is 1.19. The van der Waals surface area contributed by atoms with Gasteiger partial charge in [0.15, 0.2) is 16.3 Å². The minimum atomic E-state index is -0.504. The number of hydrogen-bond donors (Lipinski definition) is 2. The number of aromatic nitrogens is 4. The Hall–Kier alpha value is -2.03. The van der Waals surface area contributed by atoms with Gasteiger partial charge in [0.1, 0.15) is 0 Å². The molecular weight excluding hydrogens is 366 g/mol. The van der Waals surface area contributed by atoms with Crippen LogP contribution < -0.4 is 17.0 Å². The molecule has 2 heterocycles. The largest absolute Gasteiger partial charge is 0.369 e. The third kappa shape index (κ3) is 5.72. The van der Waals surface area contributed by atoms with Gasteiger partial charge in [-0.2, -0.15) is 0 Å². The van der Waals surface area contributed by atoms with Gasteiger partial charge < -0.3 is 10.3 Å². The summed E-state index contributed by atoms with van der Waals surface area (Å²) in [6.45, 7) is 2.83. The van der Waals surface area contributed by atoms with E-state index in [2.05, 4.69) is 16.9 Å².